The fraction of sp³-hybridized carbons (Fsp3) is 0.417. The van der Waals surface area contributed by atoms with Gasteiger partial charge in [0.05, 0.1) is 6.04 Å². The molecule has 2 rings (SSSR count). The van der Waals surface area contributed by atoms with E-state index in [9.17, 15) is 4.79 Å². The third kappa shape index (κ3) is 3.17. The average Bonchev–Trinajstić information content (AvgIpc) is 2.31. The van der Waals surface area contributed by atoms with Crippen molar-refractivity contribution in [1.82, 2.24) is 5.32 Å². The van der Waals surface area contributed by atoms with E-state index in [0.29, 0.717) is 0 Å². The van der Waals surface area contributed by atoms with E-state index < -0.39 is 6.03 Å². The fourth-order valence-electron chi connectivity index (χ4n) is 2.08. The molecule has 0 saturated heterocycles. The maximum Gasteiger partial charge on any atom is 0.312 e. The molecule has 1 unspecified atom stereocenters. The molecular formula is C12H18N2OS. The van der Waals surface area contributed by atoms with Gasteiger partial charge in [-0.1, -0.05) is 24.3 Å². The summed E-state index contributed by atoms with van der Waals surface area (Å²) in [6.07, 6.45) is 4.90. The first kappa shape index (κ1) is 12.9. The zero-order valence-electron chi connectivity index (χ0n) is 9.44. The molecule has 4 heteroatoms. The highest BCUT2D eigenvalue weighted by Crippen LogP contribution is 2.28. The van der Waals surface area contributed by atoms with Gasteiger partial charge >= 0.3 is 6.03 Å². The molecule has 1 aromatic carbocycles. The number of primary amides is 1. The molecule has 0 aromatic heterocycles. The minimum Gasteiger partial charge on any atom is -0.352 e. The van der Waals surface area contributed by atoms with Crippen molar-refractivity contribution in [3.63, 3.8) is 0 Å². The van der Waals surface area contributed by atoms with E-state index in [2.05, 4.69) is 30.1 Å². The van der Waals surface area contributed by atoms with E-state index in [4.69, 9.17) is 5.73 Å². The Bertz CT molecular complexity index is 355. The van der Waals surface area contributed by atoms with Gasteiger partial charge < -0.3 is 11.1 Å². The first-order valence-electron chi connectivity index (χ1n) is 5.36. The highest BCUT2D eigenvalue weighted by Gasteiger charge is 2.19. The number of hydrogen-bond acceptors (Lipinski definition) is 2. The molecule has 0 bridgehead atoms. The van der Waals surface area contributed by atoms with Crippen LogP contribution >= 0.6 is 12.6 Å². The maximum absolute atomic E-state index is 10.8. The Morgan fingerprint density at radius 1 is 1.44 bits per heavy atom. The van der Waals surface area contributed by atoms with E-state index in [1.807, 2.05) is 12.1 Å². The van der Waals surface area contributed by atoms with Gasteiger partial charge in [0.25, 0.3) is 0 Å². The van der Waals surface area contributed by atoms with E-state index >= 15 is 0 Å². The summed E-state index contributed by atoms with van der Waals surface area (Å²) in [5.41, 5.74) is 7.68. The van der Waals surface area contributed by atoms with Crippen molar-refractivity contribution in [3.8, 4) is 0 Å². The molecular weight excluding hydrogens is 220 g/mol. The lowest BCUT2D eigenvalue weighted by molar-refractivity contribution is 0.244. The van der Waals surface area contributed by atoms with E-state index in [1.165, 1.54) is 11.1 Å². The fourth-order valence-corrected chi connectivity index (χ4v) is 2.08. The summed E-state index contributed by atoms with van der Waals surface area (Å²) < 4.78 is 0. The van der Waals surface area contributed by atoms with Crippen LogP contribution in [0.25, 0.3) is 0 Å². The van der Waals surface area contributed by atoms with Crippen molar-refractivity contribution in [3.05, 3.63) is 35.4 Å². The van der Waals surface area contributed by atoms with Gasteiger partial charge in [0, 0.05) is 0 Å². The molecule has 0 heterocycles. The van der Waals surface area contributed by atoms with Crippen LogP contribution in [0.15, 0.2) is 24.3 Å². The number of aryl methyl sites for hydroxylation is 1. The maximum atomic E-state index is 10.8. The molecule has 1 aliphatic rings. The number of urea groups is 1. The number of thiol groups is 1. The van der Waals surface area contributed by atoms with Gasteiger partial charge in [-0.3, -0.25) is 0 Å². The first-order valence-corrected chi connectivity index (χ1v) is 6.25. The van der Waals surface area contributed by atoms with Gasteiger partial charge in [0.2, 0.25) is 0 Å². The number of hydrogen-bond donors (Lipinski definition) is 3. The van der Waals surface area contributed by atoms with Gasteiger partial charge in [-0.25, -0.2) is 4.79 Å². The Balaban J connectivity index is 0.000000606. The second-order valence-electron chi connectivity index (χ2n) is 3.65. The zero-order valence-corrected chi connectivity index (χ0v) is 10.3. The van der Waals surface area contributed by atoms with Crippen molar-refractivity contribution in [2.45, 2.75) is 25.3 Å². The molecule has 0 spiro atoms. The highest BCUT2D eigenvalue weighted by atomic mass is 32.1. The molecule has 1 atom stereocenters. The Kier molecular flexibility index (Phi) is 5.19. The molecule has 16 heavy (non-hydrogen) atoms. The lowest BCUT2D eigenvalue weighted by atomic mass is 9.88. The van der Waals surface area contributed by atoms with Gasteiger partial charge in [0.1, 0.15) is 0 Å². The zero-order chi connectivity index (χ0) is 12.0. The largest absolute Gasteiger partial charge is 0.352 e. The molecule has 1 aliphatic carbocycles. The molecule has 1 aromatic rings. The van der Waals surface area contributed by atoms with Crippen molar-refractivity contribution in [2.24, 2.45) is 5.73 Å². The summed E-state index contributed by atoms with van der Waals surface area (Å²) in [6.45, 7) is 0. The molecule has 2 amide bonds. The molecule has 88 valence electrons. The van der Waals surface area contributed by atoms with Crippen LogP contribution in [0.5, 0.6) is 0 Å². The summed E-state index contributed by atoms with van der Waals surface area (Å²) in [6, 6.07) is 7.88. The predicted octanol–water partition coefficient (Wildman–Crippen LogP) is 2.28. The van der Waals surface area contributed by atoms with Crippen molar-refractivity contribution in [1.29, 1.82) is 0 Å². The Hall–Kier alpha value is -1.16. The summed E-state index contributed by atoms with van der Waals surface area (Å²) >= 11 is 3.53. The standard InChI is InChI=1S/C11H14N2O.CH4S/c12-11(14)13-10-7-3-5-8-4-1-2-6-9(8)10;1-2/h1-2,4,6,10H,3,5,7H2,(H3,12,13,14);2H,1H3. The SMILES string of the molecule is CS.NC(=O)NC1CCCc2ccccc21. The minimum atomic E-state index is -0.438. The normalized spacial score (nSPS) is 17.8. The smallest absolute Gasteiger partial charge is 0.312 e. The molecule has 3 nitrogen and oxygen atoms in total. The molecule has 3 N–H and O–H groups in total. The number of nitrogens with two attached hydrogens (primary N) is 1. The van der Waals surface area contributed by atoms with E-state index in [0.717, 1.165) is 19.3 Å². The van der Waals surface area contributed by atoms with Crippen LogP contribution in [0.3, 0.4) is 0 Å². The molecule has 0 fully saturated rings. The van der Waals surface area contributed by atoms with Crippen LogP contribution in [-0.4, -0.2) is 12.3 Å². The number of nitrogens with one attached hydrogen (secondary N) is 1. The van der Waals surface area contributed by atoms with Crippen LogP contribution in [0.1, 0.15) is 30.0 Å². The van der Waals surface area contributed by atoms with Crippen LogP contribution in [0.2, 0.25) is 0 Å². The van der Waals surface area contributed by atoms with Gasteiger partial charge in [0.15, 0.2) is 0 Å². The van der Waals surface area contributed by atoms with E-state index in [1.54, 1.807) is 6.26 Å². The summed E-state index contributed by atoms with van der Waals surface area (Å²) in [4.78, 5) is 10.8. The number of carbonyl (C=O) groups excluding carboxylic acids is 1. The second kappa shape index (κ2) is 6.43. The number of rotatable bonds is 1. The number of carbonyl (C=O) groups is 1. The van der Waals surface area contributed by atoms with Crippen molar-refractivity contribution >= 4 is 18.7 Å². The Labute approximate surface area is 102 Å². The first-order chi connectivity index (χ1) is 7.77. The molecule has 0 radical (unpaired) electrons. The topological polar surface area (TPSA) is 55.1 Å². The Morgan fingerprint density at radius 3 is 2.81 bits per heavy atom. The number of amides is 2. The number of fused-ring (bicyclic) bond motifs is 1. The second-order valence-corrected chi connectivity index (χ2v) is 3.65. The van der Waals surface area contributed by atoms with Crippen molar-refractivity contribution < 1.29 is 4.79 Å². The lowest BCUT2D eigenvalue weighted by Crippen LogP contribution is -2.34. The van der Waals surface area contributed by atoms with Crippen LogP contribution in [0, 0.1) is 0 Å². The van der Waals surface area contributed by atoms with Gasteiger partial charge in [-0.2, -0.15) is 12.6 Å². The van der Waals surface area contributed by atoms with Crippen molar-refractivity contribution in [2.75, 3.05) is 6.26 Å². The third-order valence-corrected chi connectivity index (χ3v) is 2.69. The average molecular weight is 238 g/mol. The molecule has 0 aliphatic heterocycles. The Morgan fingerprint density at radius 2 is 2.12 bits per heavy atom. The van der Waals surface area contributed by atoms with Gasteiger partial charge in [-0.15, -0.1) is 0 Å². The quantitative estimate of drug-likeness (QED) is 0.646. The highest BCUT2D eigenvalue weighted by molar-refractivity contribution is 7.79. The monoisotopic (exact) mass is 238 g/mol. The van der Waals surface area contributed by atoms with Crippen LogP contribution in [-0.2, 0) is 6.42 Å². The summed E-state index contributed by atoms with van der Waals surface area (Å²) in [5, 5.41) is 2.78. The minimum absolute atomic E-state index is 0.109. The van der Waals surface area contributed by atoms with Crippen LogP contribution < -0.4 is 11.1 Å². The van der Waals surface area contributed by atoms with E-state index in [-0.39, 0.29) is 6.04 Å². The van der Waals surface area contributed by atoms with Gasteiger partial charge in [-0.05, 0) is 36.6 Å². The lowest BCUT2D eigenvalue weighted by Gasteiger charge is -2.25. The number of benzene rings is 1. The molecule has 0 saturated carbocycles. The third-order valence-electron chi connectivity index (χ3n) is 2.69. The summed E-state index contributed by atoms with van der Waals surface area (Å²) in [5.74, 6) is 0. The summed E-state index contributed by atoms with van der Waals surface area (Å²) in [7, 11) is 0. The predicted molar refractivity (Wildman–Crippen MR) is 69.8 cm³/mol. The van der Waals surface area contributed by atoms with Crippen LogP contribution in [0.4, 0.5) is 4.79 Å².